The molecule has 2 aliphatic rings. The summed E-state index contributed by atoms with van der Waals surface area (Å²) in [7, 11) is 0. The van der Waals surface area contributed by atoms with Gasteiger partial charge in [-0.25, -0.2) is 8.78 Å². The van der Waals surface area contributed by atoms with Crippen molar-refractivity contribution >= 4 is 11.8 Å². The van der Waals surface area contributed by atoms with Crippen molar-refractivity contribution in [2.75, 3.05) is 39.3 Å². The molecule has 3 rings (SSSR count). The first-order valence-corrected chi connectivity index (χ1v) is 9.96. The summed E-state index contributed by atoms with van der Waals surface area (Å²) in [6.45, 7) is 9.89. The van der Waals surface area contributed by atoms with E-state index < -0.39 is 11.6 Å². The molecule has 0 saturated carbocycles. The Balaban J connectivity index is 1.83. The maximum atomic E-state index is 13.6. The van der Waals surface area contributed by atoms with Crippen molar-refractivity contribution in [1.29, 1.82) is 0 Å². The molecule has 1 spiro atoms. The van der Waals surface area contributed by atoms with Crippen LogP contribution in [0.2, 0.25) is 0 Å². The van der Waals surface area contributed by atoms with Crippen molar-refractivity contribution in [2.24, 2.45) is 11.3 Å². The molecule has 1 atom stereocenters. The van der Waals surface area contributed by atoms with Crippen LogP contribution in [0.1, 0.15) is 32.8 Å². The Morgan fingerprint density at radius 2 is 1.89 bits per heavy atom. The van der Waals surface area contributed by atoms with E-state index in [1.54, 1.807) is 6.07 Å². The first kappa shape index (κ1) is 20.7. The molecular weight excluding hydrogens is 364 g/mol. The van der Waals surface area contributed by atoms with Crippen molar-refractivity contribution in [3.05, 3.63) is 35.4 Å². The first-order chi connectivity index (χ1) is 13.2. The molecule has 0 aromatic heterocycles. The quantitative estimate of drug-likeness (QED) is 0.790. The monoisotopic (exact) mass is 393 g/mol. The SMILES string of the molecule is CCN1CC2(CC1=O)CN(Cc1ccc(F)c(F)c1)CCN(C(=O)C(C)C)C2. The highest BCUT2D eigenvalue weighted by atomic mass is 19.2. The third-order valence-electron chi connectivity index (χ3n) is 5.75. The summed E-state index contributed by atoms with van der Waals surface area (Å²) in [6.07, 6.45) is 0.414. The Morgan fingerprint density at radius 1 is 1.14 bits per heavy atom. The van der Waals surface area contributed by atoms with Crippen LogP contribution in [0.5, 0.6) is 0 Å². The van der Waals surface area contributed by atoms with E-state index in [0.29, 0.717) is 57.8 Å². The fraction of sp³-hybridized carbons (Fsp3) is 0.619. The molecule has 0 aliphatic carbocycles. The van der Waals surface area contributed by atoms with Crippen LogP contribution in [0.25, 0.3) is 0 Å². The first-order valence-electron chi connectivity index (χ1n) is 9.96. The van der Waals surface area contributed by atoms with Crippen LogP contribution in [-0.2, 0) is 16.1 Å². The van der Waals surface area contributed by atoms with Crippen LogP contribution in [0.4, 0.5) is 8.78 Å². The Labute approximate surface area is 165 Å². The average molecular weight is 393 g/mol. The predicted octanol–water partition coefficient (Wildman–Crippen LogP) is 2.50. The lowest BCUT2D eigenvalue weighted by Gasteiger charge is -2.34. The van der Waals surface area contributed by atoms with Gasteiger partial charge in [-0.3, -0.25) is 14.5 Å². The molecule has 154 valence electrons. The Hall–Kier alpha value is -2.02. The van der Waals surface area contributed by atoms with Gasteiger partial charge in [-0.2, -0.15) is 0 Å². The maximum absolute atomic E-state index is 13.6. The minimum absolute atomic E-state index is 0.0939. The Bertz CT molecular complexity index is 755. The molecular formula is C21H29F2N3O2. The van der Waals surface area contributed by atoms with Gasteiger partial charge < -0.3 is 9.80 Å². The number of rotatable bonds is 4. The highest BCUT2D eigenvalue weighted by Crippen LogP contribution is 2.35. The molecule has 5 nitrogen and oxygen atoms in total. The highest BCUT2D eigenvalue weighted by Gasteiger charge is 2.46. The molecule has 2 amide bonds. The number of hydrogen-bond acceptors (Lipinski definition) is 3. The van der Waals surface area contributed by atoms with Gasteiger partial charge in [0.1, 0.15) is 0 Å². The highest BCUT2D eigenvalue weighted by molar-refractivity contribution is 5.81. The van der Waals surface area contributed by atoms with Gasteiger partial charge in [0.15, 0.2) is 11.6 Å². The lowest BCUT2D eigenvalue weighted by atomic mass is 9.85. The number of likely N-dealkylation sites (tertiary alicyclic amines) is 1. The molecule has 1 aromatic rings. The second-order valence-electron chi connectivity index (χ2n) is 8.46. The van der Waals surface area contributed by atoms with E-state index in [9.17, 15) is 18.4 Å². The van der Waals surface area contributed by atoms with Crippen LogP contribution in [0.3, 0.4) is 0 Å². The number of carbonyl (C=O) groups is 2. The van der Waals surface area contributed by atoms with Crippen LogP contribution in [0.15, 0.2) is 18.2 Å². The van der Waals surface area contributed by atoms with Gasteiger partial charge in [-0.15, -0.1) is 0 Å². The minimum atomic E-state index is -0.857. The smallest absolute Gasteiger partial charge is 0.225 e. The van der Waals surface area contributed by atoms with Crippen LogP contribution >= 0.6 is 0 Å². The average Bonchev–Trinajstić information content (AvgIpc) is 2.84. The van der Waals surface area contributed by atoms with Gasteiger partial charge >= 0.3 is 0 Å². The molecule has 2 aliphatic heterocycles. The molecule has 0 bridgehead atoms. The molecule has 0 radical (unpaired) electrons. The van der Waals surface area contributed by atoms with Gasteiger partial charge in [0.2, 0.25) is 11.8 Å². The zero-order chi connectivity index (χ0) is 20.5. The second-order valence-corrected chi connectivity index (χ2v) is 8.46. The Morgan fingerprint density at radius 3 is 2.50 bits per heavy atom. The van der Waals surface area contributed by atoms with Gasteiger partial charge in [0.25, 0.3) is 0 Å². The molecule has 2 fully saturated rings. The summed E-state index contributed by atoms with van der Waals surface area (Å²) in [5.74, 6) is -1.60. The zero-order valence-corrected chi connectivity index (χ0v) is 16.9. The molecule has 2 saturated heterocycles. The summed E-state index contributed by atoms with van der Waals surface area (Å²) in [4.78, 5) is 31.0. The molecule has 2 heterocycles. The van der Waals surface area contributed by atoms with Gasteiger partial charge in [-0.05, 0) is 24.6 Å². The van der Waals surface area contributed by atoms with Crippen LogP contribution in [-0.4, -0.2) is 65.8 Å². The standard InChI is InChI=1S/C21H29F2N3O2/c1-4-25-13-21(10-19(25)27)12-24(7-8-26(14-21)20(28)15(2)3)11-16-5-6-17(22)18(23)9-16/h5-6,9,15H,4,7-8,10-14H2,1-3H3. The zero-order valence-electron chi connectivity index (χ0n) is 16.9. The Kier molecular flexibility index (Phi) is 6.03. The number of carbonyl (C=O) groups excluding carboxylic acids is 2. The van der Waals surface area contributed by atoms with Gasteiger partial charge in [0.05, 0.1) is 0 Å². The minimum Gasteiger partial charge on any atom is -0.342 e. The largest absolute Gasteiger partial charge is 0.342 e. The summed E-state index contributed by atoms with van der Waals surface area (Å²) in [5.41, 5.74) is 0.363. The molecule has 0 N–H and O–H groups in total. The van der Waals surface area contributed by atoms with Gasteiger partial charge in [-0.1, -0.05) is 19.9 Å². The summed E-state index contributed by atoms with van der Waals surface area (Å²) < 4.78 is 26.9. The van der Waals surface area contributed by atoms with E-state index in [1.807, 2.05) is 30.6 Å². The van der Waals surface area contributed by atoms with Crippen LogP contribution in [0, 0.1) is 23.0 Å². The van der Waals surface area contributed by atoms with Crippen LogP contribution < -0.4 is 0 Å². The third kappa shape index (κ3) is 4.35. The number of halogens is 2. The molecule has 1 unspecified atom stereocenters. The summed E-state index contributed by atoms with van der Waals surface area (Å²) in [5, 5.41) is 0. The predicted molar refractivity (Wildman–Crippen MR) is 102 cm³/mol. The second kappa shape index (κ2) is 8.15. The van der Waals surface area contributed by atoms with Crippen molar-refractivity contribution < 1.29 is 18.4 Å². The normalized spacial score (nSPS) is 23.7. The van der Waals surface area contributed by atoms with E-state index in [2.05, 4.69) is 4.90 Å². The molecule has 1 aromatic carbocycles. The maximum Gasteiger partial charge on any atom is 0.225 e. The van der Waals surface area contributed by atoms with Crippen molar-refractivity contribution in [1.82, 2.24) is 14.7 Å². The van der Waals surface area contributed by atoms with Crippen molar-refractivity contribution in [2.45, 2.75) is 33.7 Å². The number of nitrogens with zero attached hydrogens (tertiary/aromatic N) is 3. The van der Waals surface area contributed by atoms with Gasteiger partial charge in [0, 0.05) is 63.6 Å². The van der Waals surface area contributed by atoms with E-state index in [-0.39, 0.29) is 23.1 Å². The number of amides is 2. The number of hydrogen-bond donors (Lipinski definition) is 0. The lowest BCUT2D eigenvalue weighted by molar-refractivity contribution is -0.135. The third-order valence-corrected chi connectivity index (χ3v) is 5.75. The van der Waals surface area contributed by atoms with E-state index >= 15 is 0 Å². The van der Waals surface area contributed by atoms with Crippen molar-refractivity contribution in [3.8, 4) is 0 Å². The van der Waals surface area contributed by atoms with E-state index in [0.717, 1.165) is 6.07 Å². The summed E-state index contributed by atoms with van der Waals surface area (Å²) >= 11 is 0. The fourth-order valence-electron chi connectivity index (χ4n) is 4.42. The van der Waals surface area contributed by atoms with E-state index in [4.69, 9.17) is 0 Å². The lowest BCUT2D eigenvalue weighted by Crippen LogP contribution is -2.45. The molecule has 7 heteroatoms. The fourth-order valence-corrected chi connectivity index (χ4v) is 4.42. The topological polar surface area (TPSA) is 43.9 Å². The number of benzene rings is 1. The molecule has 28 heavy (non-hydrogen) atoms. The summed E-state index contributed by atoms with van der Waals surface area (Å²) in [6, 6.07) is 3.96. The van der Waals surface area contributed by atoms with E-state index in [1.165, 1.54) is 6.07 Å². The van der Waals surface area contributed by atoms with Crippen molar-refractivity contribution in [3.63, 3.8) is 0 Å².